The smallest absolute Gasteiger partial charge is 0.194 e. The molecule has 2 nitrogen and oxygen atoms in total. The highest BCUT2D eigenvalue weighted by atomic mass is 28.4. The lowest BCUT2D eigenvalue weighted by Gasteiger charge is -2.41. The van der Waals surface area contributed by atoms with E-state index in [4.69, 9.17) is 10.8 Å². The fourth-order valence-electron chi connectivity index (χ4n) is 2.84. The lowest BCUT2D eigenvalue weighted by molar-refractivity contribution is 0.0597. The molecule has 0 saturated heterocycles. The van der Waals surface area contributed by atoms with Crippen LogP contribution in [-0.2, 0) is 4.43 Å². The van der Waals surface area contributed by atoms with Gasteiger partial charge in [0, 0.05) is 0 Å². The molecule has 1 rings (SSSR count). The summed E-state index contributed by atoms with van der Waals surface area (Å²) in [5.41, 5.74) is -1.05. The minimum Gasteiger partial charge on any atom is -0.399 e. The van der Waals surface area contributed by atoms with Crippen LogP contribution in [0.3, 0.4) is 0 Å². The number of hydrogen-bond donors (Lipinski definition) is 0. The van der Waals surface area contributed by atoms with Crippen molar-refractivity contribution in [2.45, 2.75) is 70.7 Å². The largest absolute Gasteiger partial charge is 0.399 e. The van der Waals surface area contributed by atoms with Crippen LogP contribution in [0.2, 0.25) is 18.1 Å². The number of terminal acetylenes is 1. The molecule has 0 amide bonds. The Kier molecular flexibility index (Phi) is 4.64. The van der Waals surface area contributed by atoms with E-state index in [1.807, 2.05) is 0 Å². The molecule has 1 fully saturated rings. The summed E-state index contributed by atoms with van der Waals surface area (Å²) in [7, 11) is -1.77. The molecule has 1 saturated carbocycles. The van der Waals surface area contributed by atoms with Gasteiger partial charge in [-0.25, -0.2) is 0 Å². The first-order valence-electron chi connectivity index (χ1n) is 7.12. The van der Waals surface area contributed by atoms with Gasteiger partial charge in [-0.1, -0.05) is 33.6 Å². The molecule has 0 aromatic heterocycles. The summed E-state index contributed by atoms with van der Waals surface area (Å²) in [5.74, 6) is 2.87. The Bertz CT molecular complexity index is 363. The number of hydrogen-bond acceptors (Lipinski definition) is 2. The van der Waals surface area contributed by atoms with Gasteiger partial charge in [0.2, 0.25) is 0 Å². The maximum Gasteiger partial charge on any atom is 0.194 e. The first kappa shape index (κ1) is 15.3. The third kappa shape index (κ3) is 2.22. The Labute approximate surface area is 113 Å². The van der Waals surface area contributed by atoms with E-state index in [2.05, 4.69) is 39.7 Å². The van der Waals surface area contributed by atoms with Gasteiger partial charge in [0.15, 0.2) is 8.32 Å². The Hall–Kier alpha value is -0.773. The average Bonchev–Trinajstić information content (AvgIpc) is 3.23. The second-order valence-corrected chi connectivity index (χ2v) is 10.1. The Morgan fingerprint density at radius 2 is 1.72 bits per heavy atom. The molecule has 0 aromatic carbocycles. The number of rotatable bonds is 7. The van der Waals surface area contributed by atoms with E-state index in [-0.39, 0.29) is 0 Å². The predicted molar refractivity (Wildman–Crippen MR) is 77.4 cm³/mol. The molecule has 0 unspecified atom stereocenters. The lowest BCUT2D eigenvalue weighted by atomic mass is 9.84. The van der Waals surface area contributed by atoms with E-state index < -0.39 is 19.3 Å². The third-order valence-corrected chi connectivity index (χ3v) is 9.44. The van der Waals surface area contributed by atoms with Crippen LogP contribution >= 0.6 is 0 Å². The van der Waals surface area contributed by atoms with Crippen LogP contribution in [0.1, 0.15) is 47.0 Å². The highest BCUT2D eigenvalue weighted by molar-refractivity contribution is 6.73. The minimum atomic E-state index is -1.77. The van der Waals surface area contributed by atoms with Crippen LogP contribution in [0.15, 0.2) is 0 Å². The topological polar surface area (TPSA) is 33.0 Å². The van der Waals surface area contributed by atoms with E-state index in [0.717, 1.165) is 37.4 Å². The highest BCUT2D eigenvalue weighted by Gasteiger charge is 2.61. The van der Waals surface area contributed by atoms with E-state index >= 15 is 0 Å². The summed E-state index contributed by atoms with van der Waals surface area (Å²) in [6.07, 6.45) is 8.31. The normalized spacial score (nSPS) is 20.6. The molecule has 0 radical (unpaired) electrons. The highest BCUT2D eigenvalue weighted by Crippen LogP contribution is 2.57. The van der Waals surface area contributed by atoms with Crippen molar-refractivity contribution in [2.24, 2.45) is 5.41 Å². The van der Waals surface area contributed by atoms with Crippen molar-refractivity contribution in [1.29, 1.82) is 5.26 Å². The molecule has 18 heavy (non-hydrogen) atoms. The zero-order valence-electron chi connectivity index (χ0n) is 12.2. The van der Waals surface area contributed by atoms with E-state index in [9.17, 15) is 5.26 Å². The quantitative estimate of drug-likeness (QED) is 0.512. The van der Waals surface area contributed by atoms with Crippen LogP contribution in [0.4, 0.5) is 0 Å². The molecule has 1 aliphatic rings. The molecule has 0 heterocycles. The van der Waals surface area contributed by atoms with Gasteiger partial charge >= 0.3 is 0 Å². The van der Waals surface area contributed by atoms with Gasteiger partial charge < -0.3 is 4.43 Å². The van der Waals surface area contributed by atoms with Crippen LogP contribution in [0.25, 0.3) is 0 Å². The molecule has 0 bridgehead atoms. The summed E-state index contributed by atoms with van der Waals surface area (Å²) in [6.45, 7) is 8.64. The SMILES string of the molecule is C#C[C@](CC)(O[Si](CC)(CC)CC)C1(C#N)CC1. The van der Waals surface area contributed by atoms with Crippen molar-refractivity contribution in [2.75, 3.05) is 0 Å². The van der Waals surface area contributed by atoms with Gasteiger partial charge in [-0.05, 0) is 37.4 Å². The number of nitrogens with zero attached hydrogens (tertiary/aromatic N) is 1. The zero-order valence-corrected chi connectivity index (χ0v) is 13.2. The molecule has 1 atom stereocenters. The van der Waals surface area contributed by atoms with Gasteiger partial charge in [0.1, 0.15) is 5.60 Å². The standard InChI is InChI=1S/C15H25NOSi/c1-6-15(7-2,14(13-16)11-12-14)17-18(8-3,9-4)10-5/h1H,7-12H2,2-5H3/t15-/m1/s1. The van der Waals surface area contributed by atoms with E-state index in [1.54, 1.807) is 0 Å². The van der Waals surface area contributed by atoms with Gasteiger partial charge in [0.05, 0.1) is 11.5 Å². The van der Waals surface area contributed by atoms with Crippen molar-refractivity contribution in [3.05, 3.63) is 0 Å². The number of nitriles is 1. The Balaban J connectivity index is 3.09. The van der Waals surface area contributed by atoms with E-state index in [1.165, 1.54) is 0 Å². The van der Waals surface area contributed by atoms with Crippen molar-refractivity contribution in [1.82, 2.24) is 0 Å². The van der Waals surface area contributed by atoms with E-state index in [0.29, 0.717) is 0 Å². The molecule has 100 valence electrons. The fraction of sp³-hybridized carbons (Fsp3) is 0.800. The molecule has 3 heteroatoms. The fourth-order valence-corrected chi connectivity index (χ4v) is 5.92. The predicted octanol–water partition coefficient (Wildman–Crippen LogP) is 4.09. The van der Waals surface area contributed by atoms with Crippen LogP contribution in [0.5, 0.6) is 0 Å². The summed E-state index contributed by atoms with van der Waals surface area (Å²) in [5, 5.41) is 9.46. The summed E-state index contributed by atoms with van der Waals surface area (Å²) in [6, 6.07) is 5.67. The molecule has 0 aromatic rings. The second-order valence-electron chi connectivity index (χ2n) is 5.36. The van der Waals surface area contributed by atoms with Crippen molar-refractivity contribution >= 4 is 8.32 Å². The summed E-state index contributed by atoms with van der Waals surface area (Å²) < 4.78 is 6.57. The first-order chi connectivity index (χ1) is 8.53. The zero-order chi connectivity index (χ0) is 13.9. The summed E-state index contributed by atoms with van der Waals surface area (Å²) >= 11 is 0. The summed E-state index contributed by atoms with van der Waals surface area (Å²) in [4.78, 5) is 0. The lowest BCUT2D eigenvalue weighted by Crippen LogP contribution is -2.51. The maximum atomic E-state index is 9.46. The van der Waals surface area contributed by atoms with Crippen LogP contribution in [-0.4, -0.2) is 13.9 Å². The average molecular weight is 263 g/mol. The second kappa shape index (κ2) is 5.47. The van der Waals surface area contributed by atoms with Gasteiger partial charge in [-0.15, -0.1) is 6.42 Å². The Morgan fingerprint density at radius 3 is 1.94 bits per heavy atom. The molecular formula is C15H25NOSi. The molecule has 0 aliphatic heterocycles. The molecular weight excluding hydrogens is 238 g/mol. The van der Waals surface area contributed by atoms with Crippen molar-refractivity contribution < 1.29 is 4.43 Å². The van der Waals surface area contributed by atoms with Crippen molar-refractivity contribution in [3.63, 3.8) is 0 Å². The first-order valence-corrected chi connectivity index (χ1v) is 9.65. The minimum absolute atomic E-state index is 0.408. The molecule has 1 aliphatic carbocycles. The molecule has 0 spiro atoms. The van der Waals surface area contributed by atoms with Gasteiger partial charge in [-0.3, -0.25) is 0 Å². The monoisotopic (exact) mass is 263 g/mol. The van der Waals surface area contributed by atoms with Gasteiger partial charge in [-0.2, -0.15) is 5.26 Å². The Morgan fingerprint density at radius 1 is 1.22 bits per heavy atom. The van der Waals surface area contributed by atoms with Crippen molar-refractivity contribution in [3.8, 4) is 18.4 Å². The third-order valence-electron chi connectivity index (χ3n) is 4.79. The van der Waals surface area contributed by atoms with Gasteiger partial charge in [0.25, 0.3) is 0 Å². The molecule has 0 N–H and O–H groups in total. The van der Waals surface area contributed by atoms with Crippen LogP contribution < -0.4 is 0 Å². The van der Waals surface area contributed by atoms with Crippen LogP contribution in [0, 0.1) is 29.1 Å². The maximum absolute atomic E-state index is 9.46.